The molecule has 1 saturated carbocycles. The molecule has 1 N–H and O–H groups in total. The van der Waals surface area contributed by atoms with Gasteiger partial charge in [-0.3, -0.25) is 0 Å². The van der Waals surface area contributed by atoms with Gasteiger partial charge in [0.15, 0.2) is 0 Å². The van der Waals surface area contributed by atoms with Gasteiger partial charge in [-0.1, -0.05) is 19.3 Å². The van der Waals surface area contributed by atoms with Crippen LogP contribution in [-0.2, 0) is 0 Å². The Labute approximate surface area is 90.2 Å². The zero-order chi connectivity index (χ0) is 10.7. The fraction of sp³-hybridized carbons (Fsp3) is 0.462. The molecule has 0 spiro atoms. The molecule has 0 atom stereocenters. The summed E-state index contributed by atoms with van der Waals surface area (Å²) in [5, 5.41) is 18.6. The van der Waals surface area contributed by atoms with Crippen molar-refractivity contribution >= 4 is 0 Å². The van der Waals surface area contributed by atoms with Crippen LogP contribution in [0.5, 0.6) is 5.75 Å². The minimum atomic E-state index is 0.348. The van der Waals surface area contributed by atoms with Crippen molar-refractivity contribution in [1.82, 2.24) is 0 Å². The van der Waals surface area contributed by atoms with Crippen molar-refractivity contribution in [1.29, 1.82) is 5.26 Å². The summed E-state index contributed by atoms with van der Waals surface area (Å²) in [6.07, 6.45) is 6.06. The monoisotopic (exact) mass is 201 g/mol. The number of nitrogens with zero attached hydrogens (tertiary/aromatic N) is 1. The number of rotatable bonds is 1. The van der Waals surface area contributed by atoms with Crippen LogP contribution in [0, 0.1) is 11.3 Å². The van der Waals surface area contributed by atoms with Gasteiger partial charge in [0.25, 0.3) is 0 Å². The van der Waals surface area contributed by atoms with Gasteiger partial charge in [0, 0.05) is 0 Å². The van der Waals surface area contributed by atoms with E-state index in [1.54, 1.807) is 12.1 Å². The van der Waals surface area contributed by atoms with Crippen LogP contribution in [0.15, 0.2) is 18.2 Å². The summed E-state index contributed by atoms with van der Waals surface area (Å²) in [5.41, 5.74) is 1.61. The van der Waals surface area contributed by atoms with Gasteiger partial charge < -0.3 is 5.11 Å². The minimum absolute atomic E-state index is 0.348. The molecule has 0 bridgehead atoms. The van der Waals surface area contributed by atoms with Crippen molar-refractivity contribution < 1.29 is 5.11 Å². The molecule has 0 radical (unpaired) electrons. The lowest BCUT2D eigenvalue weighted by molar-refractivity contribution is 0.414. The number of aromatic hydroxyl groups is 1. The zero-order valence-corrected chi connectivity index (χ0v) is 8.74. The molecule has 1 aliphatic rings. The van der Waals surface area contributed by atoms with Gasteiger partial charge in [-0.05, 0) is 42.5 Å². The molecular weight excluding hydrogens is 186 g/mol. The van der Waals surface area contributed by atoms with E-state index in [0.29, 0.717) is 17.2 Å². The van der Waals surface area contributed by atoms with Crippen LogP contribution in [0.4, 0.5) is 0 Å². The highest BCUT2D eigenvalue weighted by Gasteiger charge is 2.18. The second-order valence-corrected chi connectivity index (χ2v) is 4.22. The predicted octanol–water partition coefficient (Wildman–Crippen LogP) is 3.31. The number of phenolic OH excluding ortho intramolecular Hbond substituents is 1. The maximum Gasteiger partial charge on any atom is 0.119 e. The van der Waals surface area contributed by atoms with E-state index < -0.39 is 0 Å². The molecule has 0 heterocycles. The van der Waals surface area contributed by atoms with Crippen molar-refractivity contribution in [2.75, 3.05) is 0 Å². The van der Waals surface area contributed by atoms with E-state index >= 15 is 0 Å². The molecule has 2 nitrogen and oxygen atoms in total. The normalized spacial score (nSPS) is 17.3. The Morgan fingerprint density at radius 3 is 2.60 bits per heavy atom. The molecule has 0 aliphatic heterocycles. The molecule has 2 rings (SSSR count). The largest absolute Gasteiger partial charge is 0.508 e. The second-order valence-electron chi connectivity index (χ2n) is 4.22. The second kappa shape index (κ2) is 4.35. The third kappa shape index (κ3) is 2.12. The van der Waals surface area contributed by atoms with Gasteiger partial charge in [-0.25, -0.2) is 0 Å². The van der Waals surface area contributed by atoms with E-state index in [1.165, 1.54) is 19.3 Å². The number of nitriles is 1. The molecule has 2 heteroatoms. The molecule has 0 unspecified atom stereocenters. The van der Waals surface area contributed by atoms with E-state index in [-0.39, 0.29) is 0 Å². The highest BCUT2D eigenvalue weighted by molar-refractivity contribution is 5.43. The Balaban J connectivity index is 2.29. The molecular formula is C13H15NO. The first-order valence-corrected chi connectivity index (χ1v) is 5.54. The first-order valence-electron chi connectivity index (χ1n) is 5.54. The molecule has 1 aliphatic carbocycles. The standard InChI is InChI=1S/C13H15NO/c14-9-10-6-7-13(15)12(8-10)11-4-2-1-3-5-11/h6-8,11,15H,1-5H2. The van der Waals surface area contributed by atoms with Crippen molar-refractivity contribution in [3.63, 3.8) is 0 Å². The van der Waals surface area contributed by atoms with Crippen molar-refractivity contribution in [2.45, 2.75) is 38.0 Å². The summed E-state index contributed by atoms with van der Waals surface area (Å²) in [6, 6.07) is 7.27. The average molecular weight is 201 g/mol. The summed E-state index contributed by atoms with van der Waals surface area (Å²) < 4.78 is 0. The lowest BCUT2D eigenvalue weighted by atomic mass is 9.83. The third-order valence-corrected chi connectivity index (χ3v) is 3.20. The van der Waals surface area contributed by atoms with Gasteiger partial charge in [0.1, 0.15) is 5.75 Å². The van der Waals surface area contributed by atoms with E-state index in [4.69, 9.17) is 5.26 Å². The number of hydrogen-bond donors (Lipinski definition) is 1. The maximum atomic E-state index is 9.77. The SMILES string of the molecule is N#Cc1ccc(O)c(C2CCCCC2)c1. The van der Waals surface area contributed by atoms with Gasteiger partial charge >= 0.3 is 0 Å². The quantitative estimate of drug-likeness (QED) is 0.757. The van der Waals surface area contributed by atoms with Crippen LogP contribution in [0.3, 0.4) is 0 Å². The Kier molecular flexibility index (Phi) is 2.91. The molecule has 78 valence electrons. The van der Waals surface area contributed by atoms with Crippen molar-refractivity contribution in [2.24, 2.45) is 0 Å². The first kappa shape index (κ1) is 10.0. The summed E-state index contributed by atoms with van der Waals surface area (Å²) >= 11 is 0. The molecule has 0 amide bonds. The predicted molar refractivity (Wildman–Crippen MR) is 58.6 cm³/mol. The van der Waals surface area contributed by atoms with Crippen LogP contribution in [0.1, 0.15) is 49.1 Å². The highest BCUT2D eigenvalue weighted by Crippen LogP contribution is 2.37. The Morgan fingerprint density at radius 2 is 1.93 bits per heavy atom. The van der Waals surface area contributed by atoms with Gasteiger partial charge in [0.2, 0.25) is 0 Å². The van der Waals surface area contributed by atoms with E-state index in [2.05, 4.69) is 6.07 Å². The van der Waals surface area contributed by atoms with Crippen LogP contribution in [-0.4, -0.2) is 5.11 Å². The number of benzene rings is 1. The molecule has 0 saturated heterocycles. The molecule has 1 aromatic carbocycles. The average Bonchev–Trinajstić information content (AvgIpc) is 2.31. The number of phenols is 1. The van der Waals surface area contributed by atoms with Crippen LogP contribution >= 0.6 is 0 Å². The first-order chi connectivity index (χ1) is 7.31. The van der Waals surface area contributed by atoms with Gasteiger partial charge in [-0.15, -0.1) is 0 Å². The third-order valence-electron chi connectivity index (χ3n) is 3.20. The van der Waals surface area contributed by atoms with Crippen LogP contribution in [0.25, 0.3) is 0 Å². The van der Waals surface area contributed by atoms with Gasteiger partial charge in [0.05, 0.1) is 11.6 Å². The lowest BCUT2D eigenvalue weighted by Crippen LogP contribution is -2.04. The van der Waals surface area contributed by atoms with Crippen LogP contribution < -0.4 is 0 Å². The van der Waals surface area contributed by atoms with Crippen molar-refractivity contribution in [3.05, 3.63) is 29.3 Å². The fourth-order valence-corrected chi connectivity index (χ4v) is 2.36. The molecule has 0 aromatic heterocycles. The van der Waals surface area contributed by atoms with E-state index in [1.807, 2.05) is 6.07 Å². The fourth-order valence-electron chi connectivity index (χ4n) is 2.36. The Hall–Kier alpha value is -1.49. The number of hydrogen-bond acceptors (Lipinski definition) is 2. The maximum absolute atomic E-state index is 9.77. The minimum Gasteiger partial charge on any atom is -0.508 e. The Morgan fingerprint density at radius 1 is 1.20 bits per heavy atom. The molecule has 1 aromatic rings. The summed E-state index contributed by atoms with van der Waals surface area (Å²) in [4.78, 5) is 0. The highest BCUT2D eigenvalue weighted by atomic mass is 16.3. The molecule has 1 fully saturated rings. The van der Waals surface area contributed by atoms with Crippen molar-refractivity contribution in [3.8, 4) is 11.8 Å². The summed E-state index contributed by atoms with van der Waals surface area (Å²) in [6.45, 7) is 0. The summed E-state index contributed by atoms with van der Waals surface area (Å²) in [5.74, 6) is 0.799. The molecule has 15 heavy (non-hydrogen) atoms. The van der Waals surface area contributed by atoms with E-state index in [9.17, 15) is 5.11 Å². The smallest absolute Gasteiger partial charge is 0.119 e. The van der Waals surface area contributed by atoms with Crippen LogP contribution in [0.2, 0.25) is 0 Å². The van der Waals surface area contributed by atoms with E-state index in [0.717, 1.165) is 18.4 Å². The Bertz CT molecular complexity index is 386. The van der Waals surface area contributed by atoms with Gasteiger partial charge in [-0.2, -0.15) is 5.26 Å². The topological polar surface area (TPSA) is 44.0 Å². The summed E-state index contributed by atoms with van der Waals surface area (Å²) in [7, 11) is 0. The lowest BCUT2D eigenvalue weighted by Gasteiger charge is -2.22. The zero-order valence-electron chi connectivity index (χ0n) is 8.74.